The lowest BCUT2D eigenvalue weighted by molar-refractivity contribution is -0.134. The Kier molecular flexibility index (Phi) is 7.37. The zero-order valence-electron chi connectivity index (χ0n) is 10.8. The number of rotatable bonds is 8. The first-order valence-corrected chi connectivity index (χ1v) is 6.35. The maximum absolute atomic E-state index is 11.5. The molecule has 1 rings (SSSR count). The summed E-state index contributed by atoms with van der Waals surface area (Å²) in [7, 11) is 0. The summed E-state index contributed by atoms with van der Waals surface area (Å²) in [5, 5.41) is 0. The summed E-state index contributed by atoms with van der Waals surface area (Å²) in [6, 6.07) is 9.09. The quantitative estimate of drug-likeness (QED) is 0.304. The molecule has 0 aliphatic heterocycles. The number of benzene rings is 1. The van der Waals surface area contributed by atoms with Crippen LogP contribution in [0.4, 0.5) is 0 Å². The molecule has 0 aliphatic rings. The summed E-state index contributed by atoms with van der Waals surface area (Å²) < 4.78 is 10.4. The summed E-state index contributed by atoms with van der Waals surface area (Å²) in [4.78, 5) is 11.5. The van der Waals surface area contributed by atoms with E-state index in [4.69, 9.17) is 9.47 Å². The molecule has 3 nitrogen and oxygen atoms in total. The predicted octanol–water partition coefficient (Wildman–Crippen LogP) is 3.70. The van der Waals surface area contributed by atoms with E-state index in [-0.39, 0.29) is 5.97 Å². The molecule has 0 heterocycles. The van der Waals surface area contributed by atoms with Crippen molar-refractivity contribution < 1.29 is 14.3 Å². The van der Waals surface area contributed by atoms with Gasteiger partial charge in [0.1, 0.15) is 5.75 Å². The molecule has 0 unspecified atom stereocenters. The van der Waals surface area contributed by atoms with Gasteiger partial charge in [-0.15, -0.1) is 0 Å². The van der Waals surface area contributed by atoms with Gasteiger partial charge in [0.05, 0.1) is 12.9 Å². The second-order valence-electron chi connectivity index (χ2n) is 3.92. The number of para-hydroxylation sites is 1. The molecule has 1 aromatic rings. The number of unbranched alkanes of at least 4 members (excludes halogenated alkanes) is 1. The lowest BCUT2D eigenvalue weighted by atomic mass is 10.3. The van der Waals surface area contributed by atoms with Gasteiger partial charge >= 0.3 is 5.97 Å². The Morgan fingerprint density at radius 1 is 1.28 bits per heavy atom. The molecule has 0 amide bonds. The van der Waals surface area contributed by atoms with Gasteiger partial charge in [0.2, 0.25) is 0 Å². The van der Waals surface area contributed by atoms with Crippen LogP contribution >= 0.6 is 0 Å². The summed E-state index contributed by atoms with van der Waals surface area (Å²) in [6.07, 6.45) is 6.69. The van der Waals surface area contributed by atoms with E-state index in [2.05, 4.69) is 6.92 Å². The topological polar surface area (TPSA) is 35.5 Å². The van der Waals surface area contributed by atoms with E-state index in [1.54, 1.807) is 18.4 Å². The fraction of sp³-hybridized carbons (Fsp3) is 0.400. The largest absolute Gasteiger partial charge is 0.502 e. The van der Waals surface area contributed by atoms with Crippen LogP contribution in [0.15, 0.2) is 42.7 Å². The first-order valence-electron chi connectivity index (χ1n) is 6.35. The minimum absolute atomic E-state index is 0.223. The smallest absolute Gasteiger partial charge is 0.311 e. The third-order valence-corrected chi connectivity index (χ3v) is 2.30. The van der Waals surface area contributed by atoms with Crippen LogP contribution in [0.5, 0.6) is 5.75 Å². The predicted molar refractivity (Wildman–Crippen MR) is 71.3 cm³/mol. The molecule has 0 spiro atoms. The van der Waals surface area contributed by atoms with Crippen LogP contribution in [0, 0.1) is 0 Å². The van der Waals surface area contributed by atoms with Gasteiger partial charge < -0.3 is 9.47 Å². The SMILES string of the molecule is CCCCOC=CCCC(=O)Oc1ccccc1. The number of esters is 1. The molecule has 18 heavy (non-hydrogen) atoms. The maximum Gasteiger partial charge on any atom is 0.311 e. The minimum Gasteiger partial charge on any atom is -0.502 e. The van der Waals surface area contributed by atoms with Crippen LogP contribution in [0.3, 0.4) is 0 Å². The van der Waals surface area contributed by atoms with Gasteiger partial charge in [-0.25, -0.2) is 0 Å². The van der Waals surface area contributed by atoms with Crippen LogP contribution < -0.4 is 4.74 Å². The summed E-state index contributed by atoms with van der Waals surface area (Å²) in [5.41, 5.74) is 0. The van der Waals surface area contributed by atoms with Gasteiger partial charge in [0.25, 0.3) is 0 Å². The molecule has 0 aliphatic carbocycles. The third kappa shape index (κ3) is 6.74. The van der Waals surface area contributed by atoms with Crippen LogP contribution in [-0.4, -0.2) is 12.6 Å². The minimum atomic E-state index is -0.223. The highest BCUT2D eigenvalue weighted by molar-refractivity contribution is 5.72. The van der Waals surface area contributed by atoms with Crippen molar-refractivity contribution in [3.63, 3.8) is 0 Å². The molecule has 3 heteroatoms. The Bertz CT molecular complexity index is 357. The Balaban J connectivity index is 2.10. The summed E-state index contributed by atoms with van der Waals surface area (Å²) in [6.45, 7) is 2.86. The van der Waals surface area contributed by atoms with Crippen molar-refractivity contribution >= 4 is 5.97 Å². The van der Waals surface area contributed by atoms with Crippen molar-refractivity contribution in [2.75, 3.05) is 6.61 Å². The average molecular weight is 248 g/mol. The molecule has 98 valence electrons. The first kappa shape index (κ1) is 14.3. The number of allylic oxidation sites excluding steroid dienone is 1. The van der Waals surface area contributed by atoms with E-state index >= 15 is 0 Å². The molecule has 0 saturated heterocycles. The Hall–Kier alpha value is -1.77. The number of hydrogen-bond donors (Lipinski definition) is 0. The van der Waals surface area contributed by atoms with Gasteiger partial charge in [0, 0.05) is 6.42 Å². The lowest BCUT2D eigenvalue weighted by Crippen LogP contribution is -2.06. The monoisotopic (exact) mass is 248 g/mol. The normalized spacial score (nSPS) is 10.5. The summed E-state index contributed by atoms with van der Waals surface area (Å²) in [5.74, 6) is 0.366. The van der Waals surface area contributed by atoms with Crippen LogP contribution in [0.25, 0.3) is 0 Å². The number of hydrogen-bond acceptors (Lipinski definition) is 3. The van der Waals surface area contributed by atoms with Gasteiger partial charge in [-0.05, 0) is 31.1 Å². The number of ether oxygens (including phenoxy) is 2. The van der Waals surface area contributed by atoms with Crippen molar-refractivity contribution in [2.45, 2.75) is 32.6 Å². The maximum atomic E-state index is 11.5. The Morgan fingerprint density at radius 3 is 2.78 bits per heavy atom. The lowest BCUT2D eigenvalue weighted by Gasteiger charge is -2.02. The van der Waals surface area contributed by atoms with E-state index in [9.17, 15) is 4.79 Å². The molecule has 0 atom stereocenters. The molecule has 0 saturated carbocycles. The van der Waals surface area contributed by atoms with Crippen molar-refractivity contribution in [1.82, 2.24) is 0 Å². The zero-order chi connectivity index (χ0) is 13.1. The fourth-order valence-electron chi connectivity index (χ4n) is 1.30. The van der Waals surface area contributed by atoms with Gasteiger partial charge in [-0.3, -0.25) is 4.79 Å². The molecular weight excluding hydrogens is 228 g/mol. The molecule has 0 bridgehead atoms. The first-order chi connectivity index (χ1) is 8.83. The van der Waals surface area contributed by atoms with Gasteiger partial charge in [-0.2, -0.15) is 0 Å². The van der Waals surface area contributed by atoms with Crippen molar-refractivity contribution in [3.05, 3.63) is 42.7 Å². The number of carbonyl (C=O) groups is 1. The van der Waals surface area contributed by atoms with E-state index in [1.807, 2.05) is 24.3 Å². The second-order valence-corrected chi connectivity index (χ2v) is 3.92. The van der Waals surface area contributed by atoms with E-state index in [1.165, 1.54) is 0 Å². The highest BCUT2D eigenvalue weighted by Gasteiger charge is 2.02. The Morgan fingerprint density at radius 2 is 2.06 bits per heavy atom. The fourth-order valence-corrected chi connectivity index (χ4v) is 1.30. The molecule has 0 aromatic heterocycles. The zero-order valence-corrected chi connectivity index (χ0v) is 10.8. The number of carbonyl (C=O) groups excluding carboxylic acids is 1. The molecular formula is C15H20O3. The Labute approximate surface area is 108 Å². The molecule has 0 radical (unpaired) electrons. The van der Waals surface area contributed by atoms with Crippen LogP contribution in [-0.2, 0) is 9.53 Å². The van der Waals surface area contributed by atoms with Crippen molar-refractivity contribution in [3.8, 4) is 5.75 Å². The van der Waals surface area contributed by atoms with Crippen molar-refractivity contribution in [2.24, 2.45) is 0 Å². The van der Waals surface area contributed by atoms with Crippen LogP contribution in [0.2, 0.25) is 0 Å². The molecule has 0 N–H and O–H groups in total. The van der Waals surface area contributed by atoms with E-state index < -0.39 is 0 Å². The van der Waals surface area contributed by atoms with E-state index in [0.29, 0.717) is 18.6 Å². The third-order valence-electron chi connectivity index (χ3n) is 2.30. The summed E-state index contributed by atoms with van der Waals surface area (Å²) >= 11 is 0. The van der Waals surface area contributed by atoms with Crippen LogP contribution in [0.1, 0.15) is 32.6 Å². The second kappa shape index (κ2) is 9.28. The van der Waals surface area contributed by atoms with E-state index in [0.717, 1.165) is 19.4 Å². The molecule has 1 aromatic carbocycles. The molecule has 0 fully saturated rings. The van der Waals surface area contributed by atoms with Crippen molar-refractivity contribution in [1.29, 1.82) is 0 Å². The van der Waals surface area contributed by atoms with Gasteiger partial charge in [-0.1, -0.05) is 31.5 Å². The highest BCUT2D eigenvalue weighted by Crippen LogP contribution is 2.09. The standard InChI is InChI=1S/C15H20O3/c1-2-3-12-17-13-8-7-11-15(16)18-14-9-5-4-6-10-14/h4-6,8-10,13H,2-3,7,11-12H2,1H3. The average Bonchev–Trinajstić information content (AvgIpc) is 2.39. The highest BCUT2D eigenvalue weighted by atomic mass is 16.5. The van der Waals surface area contributed by atoms with Gasteiger partial charge in [0.15, 0.2) is 0 Å².